The van der Waals surface area contributed by atoms with Gasteiger partial charge in [0.2, 0.25) is 11.9 Å². The number of hydrogen-bond donors (Lipinski definition) is 2. The molecule has 0 aliphatic rings. The normalized spacial score (nSPS) is 10.7. The van der Waals surface area contributed by atoms with Crippen molar-refractivity contribution in [2.24, 2.45) is 5.73 Å². The third-order valence-corrected chi connectivity index (χ3v) is 4.15. The molecule has 0 unspecified atom stereocenters. The number of nitrogens with one attached hydrogen (secondary N) is 1. The zero-order valence-corrected chi connectivity index (χ0v) is 14.6. The zero-order valence-electron chi connectivity index (χ0n) is 14.6. The van der Waals surface area contributed by atoms with Gasteiger partial charge < -0.3 is 15.8 Å². The van der Waals surface area contributed by atoms with Crippen LogP contribution in [-0.4, -0.2) is 27.6 Å². The number of primary amides is 1. The number of amides is 1. The number of carbonyl (C=O) groups excluding carboxylic acids is 1. The molecule has 2 aromatic carbocycles. The molecule has 0 aliphatic heterocycles. The Hall–Kier alpha value is -3.87. The van der Waals surface area contributed by atoms with Gasteiger partial charge in [-0.2, -0.15) is 4.98 Å². The summed E-state index contributed by atoms with van der Waals surface area (Å²) in [6.07, 6.45) is 0. The number of ether oxygens (including phenoxy) is 1. The second-order valence-electron chi connectivity index (χ2n) is 5.91. The summed E-state index contributed by atoms with van der Waals surface area (Å²) in [5.74, 6) is 0.738. The number of rotatable bonds is 5. The summed E-state index contributed by atoms with van der Waals surface area (Å²) >= 11 is 0. The first-order chi connectivity index (χ1) is 13.1. The van der Waals surface area contributed by atoms with Crippen LogP contribution in [0.4, 0.5) is 11.6 Å². The maximum Gasteiger partial charge on any atom is 0.248 e. The van der Waals surface area contributed by atoms with Crippen LogP contribution in [0, 0.1) is 0 Å². The van der Waals surface area contributed by atoms with Crippen LogP contribution in [0.3, 0.4) is 0 Å². The molecule has 0 spiro atoms. The summed E-state index contributed by atoms with van der Waals surface area (Å²) in [6, 6.07) is 20.4. The van der Waals surface area contributed by atoms with E-state index >= 15 is 0 Å². The molecule has 0 aliphatic carbocycles. The fraction of sp³-hybridized carbons (Fsp3) is 0.0500. The molecule has 0 saturated carbocycles. The van der Waals surface area contributed by atoms with E-state index in [-0.39, 0.29) is 0 Å². The van der Waals surface area contributed by atoms with Gasteiger partial charge in [-0.3, -0.25) is 4.79 Å². The van der Waals surface area contributed by atoms with Crippen LogP contribution < -0.4 is 15.8 Å². The van der Waals surface area contributed by atoms with Crippen LogP contribution in [0.25, 0.3) is 16.9 Å². The summed E-state index contributed by atoms with van der Waals surface area (Å²) < 4.78 is 6.98. The molecule has 0 fully saturated rings. The number of methoxy groups -OCH3 is 1. The molecule has 3 N–H and O–H groups in total. The standard InChI is InChI=1S/C20H17N5O2/c1-27-16-10-8-13(9-11-16)17-6-3-7-18-23-20(24-25(17)18)22-15-5-2-4-14(12-15)19(21)26/h2-12H,1H3,(H2,21,26)(H,22,24). The van der Waals surface area contributed by atoms with Crippen molar-refractivity contribution in [3.63, 3.8) is 0 Å². The van der Waals surface area contributed by atoms with Gasteiger partial charge >= 0.3 is 0 Å². The maximum absolute atomic E-state index is 11.3. The van der Waals surface area contributed by atoms with Gasteiger partial charge in [0.15, 0.2) is 5.65 Å². The second kappa shape index (κ2) is 6.80. The number of nitrogens with zero attached hydrogens (tertiary/aromatic N) is 3. The minimum Gasteiger partial charge on any atom is -0.497 e. The minimum atomic E-state index is -0.483. The van der Waals surface area contributed by atoms with Gasteiger partial charge in [-0.05, 0) is 54.6 Å². The molecule has 1 amide bonds. The molecule has 2 heterocycles. The molecule has 4 rings (SSSR count). The van der Waals surface area contributed by atoms with E-state index in [0.717, 1.165) is 17.0 Å². The Labute approximate surface area is 155 Å². The third-order valence-electron chi connectivity index (χ3n) is 4.15. The van der Waals surface area contributed by atoms with Crippen LogP contribution in [0.2, 0.25) is 0 Å². The Balaban J connectivity index is 1.70. The molecular formula is C20H17N5O2. The quantitative estimate of drug-likeness (QED) is 0.570. The van der Waals surface area contributed by atoms with Crippen LogP contribution >= 0.6 is 0 Å². The number of aromatic nitrogens is 3. The lowest BCUT2D eigenvalue weighted by molar-refractivity contribution is 0.100. The number of carbonyl (C=O) groups is 1. The first-order valence-corrected chi connectivity index (χ1v) is 8.31. The minimum absolute atomic E-state index is 0.419. The van der Waals surface area contributed by atoms with E-state index in [4.69, 9.17) is 10.5 Å². The van der Waals surface area contributed by atoms with E-state index in [0.29, 0.717) is 22.8 Å². The van der Waals surface area contributed by atoms with E-state index in [9.17, 15) is 4.79 Å². The lowest BCUT2D eigenvalue weighted by Gasteiger charge is -2.05. The lowest BCUT2D eigenvalue weighted by Crippen LogP contribution is -2.10. The molecule has 134 valence electrons. The largest absolute Gasteiger partial charge is 0.497 e. The van der Waals surface area contributed by atoms with Crippen molar-refractivity contribution in [2.45, 2.75) is 0 Å². The van der Waals surface area contributed by atoms with Gasteiger partial charge in [0.1, 0.15) is 5.75 Å². The van der Waals surface area contributed by atoms with Gasteiger partial charge in [-0.25, -0.2) is 4.52 Å². The van der Waals surface area contributed by atoms with Gasteiger partial charge in [-0.1, -0.05) is 12.1 Å². The van der Waals surface area contributed by atoms with Crippen molar-refractivity contribution in [1.29, 1.82) is 0 Å². The molecule has 0 saturated heterocycles. The first-order valence-electron chi connectivity index (χ1n) is 8.31. The molecule has 7 nitrogen and oxygen atoms in total. The van der Waals surface area contributed by atoms with Crippen molar-refractivity contribution in [1.82, 2.24) is 14.6 Å². The molecule has 0 atom stereocenters. The molecule has 0 radical (unpaired) electrons. The van der Waals surface area contributed by atoms with E-state index in [2.05, 4.69) is 15.4 Å². The van der Waals surface area contributed by atoms with Crippen molar-refractivity contribution in [3.05, 3.63) is 72.3 Å². The number of pyridine rings is 1. The van der Waals surface area contributed by atoms with E-state index in [1.54, 1.807) is 29.8 Å². The summed E-state index contributed by atoms with van der Waals surface area (Å²) in [6.45, 7) is 0. The highest BCUT2D eigenvalue weighted by molar-refractivity contribution is 5.93. The molecular weight excluding hydrogens is 342 g/mol. The van der Waals surface area contributed by atoms with Crippen LogP contribution in [-0.2, 0) is 0 Å². The zero-order chi connectivity index (χ0) is 18.8. The maximum atomic E-state index is 11.3. The highest BCUT2D eigenvalue weighted by atomic mass is 16.5. The van der Waals surface area contributed by atoms with Gasteiger partial charge in [0.05, 0.1) is 12.8 Å². The number of nitrogens with two attached hydrogens (primary N) is 1. The number of fused-ring (bicyclic) bond motifs is 1. The van der Waals surface area contributed by atoms with Crippen molar-refractivity contribution in [3.8, 4) is 17.0 Å². The number of anilines is 2. The van der Waals surface area contributed by atoms with Crippen LogP contribution in [0.1, 0.15) is 10.4 Å². The monoisotopic (exact) mass is 359 g/mol. The van der Waals surface area contributed by atoms with E-state index in [1.165, 1.54) is 0 Å². The smallest absolute Gasteiger partial charge is 0.248 e. The average molecular weight is 359 g/mol. The fourth-order valence-corrected chi connectivity index (χ4v) is 2.82. The Bertz CT molecular complexity index is 1120. The average Bonchev–Trinajstić information content (AvgIpc) is 3.10. The Morgan fingerprint density at radius 3 is 2.59 bits per heavy atom. The summed E-state index contributed by atoms with van der Waals surface area (Å²) in [5, 5.41) is 7.66. The number of hydrogen-bond acceptors (Lipinski definition) is 5. The van der Waals surface area contributed by atoms with E-state index < -0.39 is 5.91 Å². The van der Waals surface area contributed by atoms with Crippen molar-refractivity contribution in [2.75, 3.05) is 12.4 Å². The van der Waals surface area contributed by atoms with Crippen molar-refractivity contribution < 1.29 is 9.53 Å². The first kappa shape index (κ1) is 16.6. The predicted molar refractivity (Wildman–Crippen MR) is 103 cm³/mol. The van der Waals surface area contributed by atoms with Crippen LogP contribution in [0.15, 0.2) is 66.7 Å². The van der Waals surface area contributed by atoms with Crippen molar-refractivity contribution >= 4 is 23.2 Å². The van der Waals surface area contributed by atoms with Gasteiger partial charge in [-0.15, -0.1) is 5.10 Å². The molecule has 7 heteroatoms. The topological polar surface area (TPSA) is 94.5 Å². The Morgan fingerprint density at radius 2 is 1.85 bits per heavy atom. The van der Waals surface area contributed by atoms with E-state index in [1.807, 2.05) is 48.5 Å². The van der Waals surface area contributed by atoms with Gasteiger partial charge in [0.25, 0.3) is 0 Å². The number of benzene rings is 2. The molecule has 0 bridgehead atoms. The summed E-state index contributed by atoms with van der Waals surface area (Å²) in [7, 11) is 1.64. The lowest BCUT2D eigenvalue weighted by atomic mass is 10.1. The second-order valence-corrected chi connectivity index (χ2v) is 5.91. The SMILES string of the molecule is COc1ccc(-c2cccc3nc(Nc4cccc(C(N)=O)c4)nn23)cc1. The Kier molecular flexibility index (Phi) is 4.18. The predicted octanol–water partition coefficient (Wildman–Crippen LogP) is 3.25. The highest BCUT2D eigenvalue weighted by Gasteiger charge is 2.10. The summed E-state index contributed by atoms with van der Waals surface area (Å²) in [4.78, 5) is 15.8. The fourth-order valence-electron chi connectivity index (χ4n) is 2.82. The molecule has 4 aromatic rings. The molecule has 27 heavy (non-hydrogen) atoms. The third kappa shape index (κ3) is 3.30. The summed E-state index contributed by atoms with van der Waals surface area (Å²) in [5.41, 5.74) is 9.04. The highest BCUT2D eigenvalue weighted by Crippen LogP contribution is 2.24. The van der Waals surface area contributed by atoms with Gasteiger partial charge in [0, 0.05) is 16.8 Å². The Morgan fingerprint density at radius 1 is 1.07 bits per heavy atom. The molecule has 2 aromatic heterocycles. The van der Waals surface area contributed by atoms with Crippen LogP contribution in [0.5, 0.6) is 5.75 Å².